The monoisotopic (exact) mass is 230 g/mol. The predicted octanol–water partition coefficient (Wildman–Crippen LogP) is 2.61. The molecule has 0 saturated carbocycles. The number of piperidine rings is 1. The summed E-state index contributed by atoms with van der Waals surface area (Å²) in [5.74, 6) is 0.185. The van der Waals surface area contributed by atoms with Crippen molar-refractivity contribution in [2.75, 3.05) is 27.2 Å². The zero-order chi connectivity index (χ0) is 13.1. The van der Waals surface area contributed by atoms with Gasteiger partial charge in [0.05, 0.1) is 0 Å². The minimum absolute atomic E-state index is 0.185. The average Bonchev–Trinajstić information content (AvgIpc) is 2.34. The maximum Gasteiger partial charge on any atom is 0.219 e. The predicted molar refractivity (Wildman–Crippen MR) is 71.7 cm³/mol. The third-order valence-corrected chi connectivity index (χ3v) is 2.73. The summed E-state index contributed by atoms with van der Waals surface area (Å²) < 4.78 is 0. The van der Waals surface area contributed by atoms with Gasteiger partial charge < -0.3 is 9.80 Å². The molecule has 0 N–H and O–H groups in total. The number of carbonyl (C=O) groups is 1. The second-order valence-corrected chi connectivity index (χ2v) is 3.66. The first-order valence-electron chi connectivity index (χ1n) is 6.53. The Kier molecular flexibility index (Phi) is 12.2. The van der Waals surface area contributed by atoms with E-state index in [9.17, 15) is 4.79 Å². The Hall–Kier alpha value is -0.570. The second kappa shape index (κ2) is 10.9. The number of amides is 1. The van der Waals surface area contributed by atoms with Crippen molar-refractivity contribution in [1.29, 1.82) is 0 Å². The fraction of sp³-hybridized carbons (Fsp3) is 0.923. The van der Waals surface area contributed by atoms with Gasteiger partial charge in [0, 0.05) is 20.0 Å². The Morgan fingerprint density at radius 1 is 1.12 bits per heavy atom. The fourth-order valence-corrected chi connectivity index (χ4v) is 1.64. The van der Waals surface area contributed by atoms with Crippen LogP contribution in [0.15, 0.2) is 0 Å². The van der Waals surface area contributed by atoms with Gasteiger partial charge in [-0.2, -0.15) is 0 Å². The first-order chi connectivity index (χ1) is 7.61. The molecule has 0 aromatic rings. The van der Waals surface area contributed by atoms with Crippen LogP contribution in [0.25, 0.3) is 0 Å². The van der Waals surface area contributed by atoms with Crippen LogP contribution >= 0.6 is 0 Å². The molecule has 0 atom stereocenters. The fourth-order valence-electron chi connectivity index (χ4n) is 1.64. The SMILES string of the molecule is CC.CC.CC(=O)N(C)C1CCN(C)CC1. The van der Waals surface area contributed by atoms with Crippen molar-refractivity contribution in [3.05, 3.63) is 0 Å². The molecule has 16 heavy (non-hydrogen) atoms. The van der Waals surface area contributed by atoms with E-state index in [1.807, 2.05) is 39.6 Å². The average molecular weight is 230 g/mol. The number of nitrogens with zero attached hydrogens (tertiary/aromatic N) is 2. The molecular formula is C13H30N2O. The number of hydrogen-bond donors (Lipinski definition) is 0. The Morgan fingerprint density at radius 2 is 1.50 bits per heavy atom. The minimum Gasteiger partial charge on any atom is -0.343 e. The van der Waals surface area contributed by atoms with Crippen molar-refractivity contribution in [3.8, 4) is 0 Å². The van der Waals surface area contributed by atoms with Crippen LogP contribution in [0.4, 0.5) is 0 Å². The molecule has 1 rings (SSSR count). The molecule has 1 aliphatic heterocycles. The zero-order valence-corrected chi connectivity index (χ0v) is 12.2. The molecule has 0 aromatic carbocycles. The van der Waals surface area contributed by atoms with Crippen molar-refractivity contribution in [1.82, 2.24) is 9.80 Å². The van der Waals surface area contributed by atoms with Gasteiger partial charge in [-0.3, -0.25) is 4.79 Å². The van der Waals surface area contributed by atoms with Crippen LogP contribution in [0.1, 0.15) is 47.5 Å². The lowest BCUT2D eigenvalue weighted by molar-refractivity contribution is -0.130. The van der Waals surface area contributed by atoms with Gasteiger partial charge in [-0.05, 0) is 33.0 Å². The molecule has 3 nitrogen and oxygen atoms in total. The Morgan fingerprint density at radius 3 is 1.81 bits per heavy atom. The Bertz CT molecular complexity index is 163. The van der Waals surface area contributed by atoms with Gasteiger partial charge in [0.1, 0.15) is 0 Å². The summed E-state index contributed by atoms with van der Waals surface area (Å²) in [5.41, 5.74) is 0. The quantitative estimate of drug-likeness (QED) is 0.691. The van der Waals surface area contributed by atoms with Crippen molar-refractivity contribution < 1.29 is 4.79 Å². The van der Waals surface area contributed by atoms with Gasteiger partial charge in [-0.1, -0.05) is 27.7 Å². The van der Waals surface area contributed by atoms with E-state index >= 15 is 0 Å². The smallest absolute Gasteiger partial charge is 0.219 e. The van der Waals surface area contributed by atoms with Gasteiger partial charge in [0.2, 0.25) is 5.91 Å². The Balaban J connectivity index is 0. The number of likely N-dealkylation sites (tertiary alicyclic amines) is 1. The van der Waals surface area contributed by atoms with E-state index in [4.69, 9.17) is 0 Å². The summed E-state index contributed by atoms with van der Waals surface area (Å²) in [6.07, 6.45) is 2.24. The molecule has 0 unspecified atom stereocenters. The lowest BCUT2D eigenvalue weighted by atomic mass is 10.0. The summed E-state index contributed by atoms with van der Waals surface area (Å²) >= 11 is 0. The molecule has 1 heterocycles. The van der Waals surface area contributed by atoms with Crippen LogP contribution in [-0.2, 0) is 4.79 Å². The molecule has 0 spiro atoms. The summed E-state index contributed by atoms with van der Waals surface area (Å²) in [7, 11) is 4.03. The van der Waals surface area contributed by atoms with Crippen LogP contribution in [0, 0.1) is 0 Å². The first-order valence-corrected chi connectivity index (χ1v) is 6.53. The topological polar surface area (TPSA) is 23.6 Å². The molecule has 0 aromatic heterocycles. The number of hydrogen-bond acceptors (Lipinski definition) is 2. The highest BCUT2D eigenvalue weighted by Gasteiger charge is 2.21. The lowest BCUT2D eigenvalue weighted by Gasteiger charge is -2.34. The molecule has 1 aliphatic rings. The standard InChI is InChI=1S/C9H18N2O.2C2H6/c1-8(12)11(3)9-4-6-10(2)7-5-9;2*1-2/h9H,4-7H2,1-3H3;2*1-2H3. The van der Waals surface area contributed by atoms with Gasteiger partial charge in [-0.25, -0.2) is 0 Å². The molecule has 0 bridgehead atoms. The van der Waals surface area contributed by atoms with E-state index in [-0.39, 0.29) is 5.91 Å². The first kappa shape index (κ1) is 17.8. The largest absolute Gasteiger partial charge is 0.343 e. The van der Waals surface area contributed by atoms with E-state index in [2.05, 4.69) is 11.9 Å². The van der Waals surface area contributed by atoms with Crippen molar-refractivity contribution in [2.24, 2.45) is 0 Å². The van der Waals surface area contributed by atoms with Gasteiger partial charge >= 0.3 is 0 Å². The van der Waals surface area contributed by atoms with Crippen LogP contribution in [0.5, 0.6) is 0 Å². The molecular weight excluding hydrogens is 200 g/mol. The second-order valence-electron chi connectivity index (χ2n) is 3.66. The molecule has 0 radical (unpaired) electrons. The van der Waals surface area contributed by atoms with Crippen LogP contribution in [-0.4, -0.2) is 48.9 Å². The number of rotatable bonds is 1. The molecule has 1 saturated heterocycles. The molecule has 0 aliphatic carbocycles. The van der Waals surface area contributed by atoms with E-state index in [1.54, 1.807) is 6.92 Å². The van der Waals surface area contributed by atoms with Crippen LogP contribution in [0.2, 0.25) is 0 Å². The van der Waals surface area contributed by atoms with Gasteiger partial charge in [0.25, 0.3) is 0 Å². The van der Waals surface area contributed by atoms with Gasteiger partial charge in [0.15, 0.2) is 0 Å². The summed E-state index contributed by atoms with van der Waals surface area (Å²) in [5, 5.41) is 0. The summed E-state index contributed by atoms with van der Waals surface area (Å²) in [6.45, 7) is 11.9. The molecule has 1 amide bonds. The van der Waals surface area contributed by atoms with Crippen molar-refractivity contribution in [2.45, 2.75) is 53.5 Å². The van der Waals surface area contributed by atoms with Crippen molar-refractivity contribution >= 4 is 5.91 Å². The Labute approximate surface area is 102 Å². The third-order valence-electron chi connectivity index (χ3n) is 2.73. The molecule has 3 heteroatoms. The molecule has 1 fully saturated rings. The van der Waals surface area contributed by atoms with Gasteiger partial charge in [-0.15, -0.1) is 0 Å². The molecule has 98 valence electrons. The van der Waals surface area contributed by atoms with Crippen molar-refractivity contribution in [3.63, 3.8) is 0 Å². The highest BCUT2D eigenvalue weighted by Crippen LogP contribution is 2.13. The van der Waals surface area contributed by atoms with E-state index in [0.29, 0.717) is 6.04 Å². The third kappa shape index (κ3) is 6.83. The summed E-state index contributed by atoms with van der Waals surface area (Å²) in [6, 6.07) is 0.471. The van der Waals surface area contributed by atoms with E-state index in [0.717, 1.165) is 25.9 Å². The highest BCUT2D eigenvalue weighted by molar-refractivity contribution is 5.73. The maximum absolute atomic E-state index is 11.0. The summed E-state index contributed by atoms with van der Waals surface area (Å²) in [4.78, 5) is 15.2. The highest BCUT2D eigenvalue weighted by atomic mass is 16.2. The lowest BCUT2D eigenvalue weighted by Crippen LogP contribution is -2.43. The zero-order valence-electron chi connectivity index (χ0n) is 12.2. The maximum atomic E-state index is 11.0. The van der Waals surface area contributed by atoms with E-state index in [1.165, 1.54) is 0 Å². The van der Waals surface area contributed by atoms with E-state index < -0.39 is 0 Å². The minimum atomic E-state index is 0.185. The normalized spacial score (nSPS) is 16.4. The van der Waals surface area contributed by atoms with Crippen LogP contribution in [0.3, 0.4) is 0 Å². The number of carbonyl (C=O) groups excluding carboxylic acids is 1. The van der Waals surface area contributed by atoms with Crippen LogP contribution < -0.4 is 0 Å².